The molecule has 0 spiro atoms. The summed E-state index contributed by atoms with van der Waals surface area (Å²) in [6.07, 6.45) is 8.12. The van der Waals surface area contributed by atoms with Crippen LogP contribution in [0.4, 0.5) is 0 Å². The number of ketones is 1. The van der Waals surface area contributed by atoms with Crippen molar-refractivity contribution in [1.29, 1.82) is 0 Å². The number of unbranched alkanes of at least 4 members (excludes halogenated alkanes) is 3. The molecule has 0 unspecified atom stereocenters. The molecule has 2 aromatic rings. The van der Waals surface area contributed by atoms with E-state index in [1.54, 1.807) is 31.4 Å². The first-order valence-corrected chi connectivity index (χ1v) is 27.1. The van der Waals surface area contributed by atoms with Crippen molar-refractivity contribution in [3.63, 3.8) is 0 Å². The van der Waals surface area contributed by atoms with Crippen molar-refractivity contribution < 1.29 is 53.3 Å². The van der Waals surface area contributed by atoms with Crippen molar-refractivity contribution in [2.75, 3.05) is 67.1 Å². The number of aliphatic hydroxyl groups excluding tert-OH is 3. The first kappa shape index (κ1) is 47.7. The van der Waals surface area contributed by atoms with Gasteiger partial charge < -0.3 is 43.7 Å². The van der Waals surface area contributed by atoms with Crippen LogP contribution in [0.3, 0.4) is 0 Å². The molecule has 0 saturated heterocycles. The average Bonchev–Trinajstić information content (AvgIpc) is 3.13. The van der Waals surface area contributed by atoms with Gasteiger partial charge in [0.2, 0.25) is 0 Å². The molecule has 0 radical (unpaired) electrons. The zero-order valence-electron chi connectivity index (χ0n) is 31.0. The number of carbonyl (C=O) groups excluding carboxylic acids is 2. The molecule has 0 aliphatic heterocycles. The summed E-state index contributed by atoms with van der Waals surface area (Å²) < 4.78 is 34.9. The first-order valence-electron chi connectivity index (χ1n) is 17.5. The average molecular weight is 836 g/mol. The van der Waals surface area contributed by atoms with Gasteiger partial charge in [-0.1, -0.05) is 0 Å². The van der Waals surface area contributed by atoms with E-state index in [-0.39, 0.29) is 51.0 Å². The summed E-state index contributed by atoms with van der Waals surface area (Å²) in [7, 11) is 9.75. The molecule has 0 aliphatic carbocycles. The van der Waals surface area contributed by atoms with E-state index >= 15 is 0 Å². The topological polar surface area (TPSA) is 150 Å². The Morgan fingerprint density at radius 2 is 0.960 bits per heavy atom. The van der Waals surface area contributed by atoms with Crippen LogP contribution >= 0.6 is 8.92 Å². The van der Waals surface area contributed by atoms with Crippen molar-refractivity contribution in [2.24, 2.45) is 0 Å². The van der Waals surface area contributed by atoms with E-state index in [2.05, 4.69) is 25.5 Å². The number of aliphatic hydroxyl groups is 3. The van der Waals surface area contributed by atoms with Gasteiger partial charge >= 0.3 is 105 Å². The molecular weight excluding hydrogens is 775 g/mol. The van der Waals surface area contributed by atoms with Crippen LogP contribution in [-0.4, -0.2) is 111 Å². The van der Waals surface area contributed by atoms with E-state index in [1.807, 2.05) is 0 Å². The second kappa shape index (κ2) is 30.3. The van der Waals surface area contributed by atoms with Gasteiger partial charge in [-0.3, -0.25) is 4.79 Å². The number of hydrogen-bond donors (Lipinski definition) is 3. The van der Waals surface area contributed by atoms with Gasteiger partial charge in [0, 0.05) is 24.8 Å². The fraction of sp³-hybridized carbons (Fsp3) is 0.622. The molecule has 0 saturated carbocycles. The number of halogens is 1. The second-order valence-electron chi connectivity index (χ2n) is 11.5. The molecule has 0 amide bonds. The third-order valence-corrected chi connectivity index (χ3v) is 21.7. The van der Waals surface area contributed by atoms with Crippen molar-refractivity contribution >= 4 is 37.9 Å². The number of carbonyl (C=O) groups is 2. The van der Waals surface area contributed by atoms with E-state index in [1.165, 1.54) is 78.0 Å². The van der Waals surface area contributed by atoms with Gasteiger partial charge in [-0.2, -0.15) is 0 Å². The summed E-state index contributed by atoms with van der Waals surface area (Å²) in [5, 5.41) is 26.1. The molecule has 286 valence electrons. The van der Waals surface area contributed by atoms with Crippen LogP contribution in [0.5, 0.6) is 23.0 Å². The molecule has 0 atom stereocenters. The number of esters is 1. The molecule has 3 N–H and O–H groups in total. The Morgan fingerprint density at radius 3 is 1.26 bits per heavy atom. The number of Topliss-reactive ketones (excluding diaryl/α,β-unsaturated/α-hetero) is 1. The summed E-state index contributed by atoms with van der Waals surface area (Å²) in [6, 6.07) is 9.51. The van der Waals surface area contributed by atoms with Gasteiger partial charge in [-0.05, 0) is 31.2 Å². The smallest absolute Gasteiger partial charge is 0.338 e. The molecule has 0 bridgehead atoms. The van der Waals surface area contributed by atoms with E-state index in [4.69, 9.17) is 47.9 Å². The van der Waals surface area contributed by atoms with Crippen LogP contribution in [0.25, 0.3) is 0 Å². The number of hydrogen-bond acceptors (Lipinski definition) is 11. The Morgan fingerprint density at radius 1 is 0.600 bits per heavy atom. The Hall–Kier alpha value is -2.29. The molecule has 2 rings (SSSR count). The monoisotopic (exact) mass is 836 g/mol. The van der Waals surface area contributed by atoms with Crippen molar-refractivity contribution in [3.8, 4) is 23.0 Å². The van der Waals surface area contributed by atoms with Gasteiger partial charge in [0.05, 0.1) is 39.1 Å². The van der Waals surface area contributed by atoms with Gasteiger partial charge in [-0.25, -0.2) is 4.79 Å². The molecular formula is C37H61ClO11Sn. The molecule has 0 aromatic heterocycles. The maximum absolute atomic E-state index is 11.4. The van der Waals surface area contributed by atoms with Crippen LogP contribution in [0.15, 0.2) is 36.4 Å². The largest absolute Gasteiger partial charge is 0.491 e. The molecule has 2 aromatic carbocycles. The van der Waals surface area contributed by atoms with Crippen LogP contribution in [0.1, 0.15) is 86.9 Å². The summed E-state index contributed by atoms with van der Waals surface area (Å²) in [4.78, 5) is 22.8. The van der Waals surface area contributed by atoms with Gasteiger partial charge in [-0.15, -0.1) is 0 Å². The molecule has 0 aliphatic rings. The summed E-state index contributed by atoms with van der Waals surface area (Å²) in [5.74, 6) is 1.25. The maximum atomic E-state index is 11.4. The van der Waals surface area contributed by atoms with Crippen LogP contribution in [0.2, 0.25) is 13.3 Å². The molecule has 13 heteroatoms. The predicted molar refractivity (Wildman–Crippen MR) is 200 cm³/mol. The maximum Gasteiger partial charge on any atom is 0.338 e. The minimum absolute atomic E-state index is 0.0685. The van der Waals surface area contributed by atoms with Crippen molar-refractivity contribution in [1.82, 2.24) is 0 Å². The van der Waals surface area contributed by atoms with Crippen LogP contribution in [-0.2, 0) is 9.47 Å². The molecule has 0 heterocycles. The SMILES string of the molecule is CCC[CH2][Sn]([Cl])([CH2]CCC)[CH2]CCC.COC(=O)c1cc(OCCO)cc(OCCO)c1.COCCOc1cc(OCCO)cc(C(C)=O)c1. The first-order chi connectivity index (χ1) is 24.1. The van der Waals surface area contributed by atoms with E-state index in [0.717, 1.165) is 0 Å². The Bertz CT molecular complexity index is 1130. The number of rotatable bonds is 24. The van der Waals surface area contributed by atoms with E-state index < -0.39 is 23.2 Å². The van der Waals surface area contributed by atoms with Gasteiger partial charge in [0.1, 0.15) is 49.4 Å². The van der Waals surface area contributed by atoms with Crippen LogP contribution in [0, 0.1) is 0 Å². The standard InChI is InChI=1S/C13H18O5.C12H16O6.3C4H9.ClH.Sn/c1-10(15)11-7-12(17-4-3-14)9-13(8-11)18-6-5-16-2;1-16-12(15)9-6-10(17-4-2-13)8-11(7-9)18-5-3-14;3*1-3-4-2;;/h7-9,14H,3-6H2,1-2H3;6-8,13-14H,2-5H2,1H3;3*1,3-4H2,2H3;1H;/q;;;;;;+1/p-1. The number of methoxy groups -OCH3 is 2. The normalized spacial score (nSPS) is 10.6. The predicted octanol–water partition coefficient (Wildman–Crippen LogP) is 7.07. The number of benzene rings is 2. The van der Waals surface area contributed by atoms with E-state index in [9.17, 15) is 9.59 Å². The Kier molecular flexibility index (Phi) is 29.0. The fourth-order valence-corrected chi connectivity index (χ4v) is 17.8. The zero-order valence-corrected chi connectivity index (χ0v) is 34.6. The second-order valence-corrected chi connectivity index (χ2v) is 27.7. The summed E-state index contributed by atoms with van der Waals surface area (Å²) in [5.41, 5.74) is 0.790. The quantitative estimate of drug-likeness (QED) is 0.0432. The minimum atomic E-state index is -2.09. The number of ether oxygens (including phenoxy) is 6. The minimum Gasteiger partial charge on any atom is -0.491 e. The Balaban J connectivity index is 0.000000728. The van der Waals surface area contributed by atoms with Crippen molar-refractivity contribution in [3.05, 3.63) is 47.5 Å². The fourth-order valence-electron chi connectivity index (χ4n) is 4.50. The third kappa shape index (κ3) is 22.5. The molecule has 0 fully saturated rings. The zero-order chi connectivity index (χ0) is 37.6. The third-order valence-electron chi connectivity index (χ3n) is 7.16. The van der Waals surface area contributed by atoms with Crippen LogP contribution < -0.4 is 18.9 Å². The molecule has 50 heavy (non-hydrogen) atoms. The summed E-state index contributed by atoms with van der Waals surface area (Å²) in [6.45, 7) is 9.26. The summed E-state index contributed by atoms with van der Waals surface area (Å²) >= 11 is -2.09. The Labute approximate surface area is 307 Å². The van der Waals surface area contributed by atoms with Crippen molar-refractivity contribution in [2.45, 2.75) is 79.5 Å². The van der Waals surface area contributed by atoms with Gasteiger partial charge in [0.15, 0.2) is 5.78 Å². The van der Waals surface area contributed by atoms with Gasteiger partial charge in [0.25, 0.3) is 0 Å². The van der Waals surface area contributed by atoms with E-state index in [0.29, 0.717) is 41.8 Å². The molecule has 11 nitrogen and oxygen atoms in total.